The topological polar surface area (TPSA) is 81.2 Å². The van der Waals surface area contributed by atoms with E-state index < -0.39 is 10.0 Å². The third-order valence-electron chi connectivity index (χ3n) is 3.74. The van der Waals surface area contributed by atoms with Crippen molar-refractivity contribution in [2.75, 3.05) is 11.3 Å². The Labute approximate surface area is 173 Å². The molecule has 6 nitrogen and oxygen atoms in total. The Morgan fingerprint density at radius 1 is 1.04 bits per heavy atom. The Morgan fingerprint density at radius 2 is 1.79 bits per heavy atom. The van der Waals surface area contributed by atoms with E-state index in [2.05, 4.69) is 44.7 Å². The van der Waals surface area contributed by atoms with Crippen LogP contribution in [0.15, 0.2) is 70.0 Å². The summed E-state index contributed by atoms with van der Waals surface area (Å²) in [6, 6.07) is 17.0. The fraction of sp³-hybridized carbons (Fsp3) is 0.200. The molecule has 0 fully saturated rings. The van der Waals surface area contributed by atoms with Crippen molar-refractivity contribution in [2.45, 2.75) is 18.7 Å². The Kier molecular flexibility index (Phi) is 6.31. The molecule has 0 radical (unpaired) electrons. The summed E-state index contributed by atoms with van der Waals surface area (Å²) in [6.07, 6.45) is 0. The van der Waals surface area contributed by atoms with Crippen LogP contribution in [0.25, 0.3) is 11.3 Å². The van der Waals surface area contributed by atoms with Gasteiger partial charge < -0.3 is 4.74 Å². The first-order valence-corrected chi connectivity index (χ1v) is 11.0. The lowest BCUT2D eigenvalue weighted by atomic mass is 10.1. The van der Waals surface area contributed by atoms with Gasteiger partial charge in [0.25, 0.3) is 10.0 Å². The summed E-state index contributed by atoms with van der Waals surface area (Å²) in [6.45, 7) is 4.69. The number of anilines is 1. The predicted molar refractivity (Wildman–Crippen MR) is 113 cm³/mol. The van der Waals surface area contributed by atoms with Gasteiger partial charge in [-0.15, -0.1) is 10.2 Å². The van der Waals surface area contributed by atoms with Crippen LogP contribution in [0.2, 0.25) is 0 Å². The maximum atomic E-state index is 12.6. The molecule has 0 spiro atoms. The molecule has 0 unspecified atom stereocenters. The first-order chi connectivity index (χ1) is 13.3. The molecule has 1 aromatic heterocycles. The van der Waals surface area contributed by atoms with Crippen molar-refractivity contribution in [1.82, 2.24) is 10.2 Å². The second kappa shape index (κ2) is 8.70. The molecule has 3 rings (SSSR count). The van der Waals surface area contributed by atoms with E-state index in [1.54, 1.807) is 42.5 Å². The molecule has 2 aromatic carbocycles. The number of rotatable bonds is 7. The highest BCUT2D eigenvalue weighted by molar-refractivity contribution is 9.10. The van der Waals surface area contributed by atoms with E-state index in [1.165, 1.54) is 12.1 Å². The molecule has 1 heterocycles. The number of halogens is 1. The zero-order valence-electron chi connectivity index (χ0n) is 15.5. The molecule has 0 saturated carbocycles. The van der Waals surface area contributed by atoms with Gasteiger partial charge in [0, 0.05) is 21.8 Å². The van der Waals surface area contributed by atoms with E-state index in [0.29, 0.717) is 29.8 Å². The van der Waals surface area contributed by atoms with Gasteiger partial charge in [0.1, 0.15) is 0 Å². The summed E-state index contributed by atoms with van der Waals surface area (Å²) < 4.78 is 34.1. The SMILES string of the molecule is CC(C)COc1ccc(-c2cccc(NS(=O)(=O)c3ccc(Br)cc3)c2)nn1. The van der Waals surface area contributed by atoms with Crippen molar-refractivity contribution >= 4 is 31.6 Å². The summed E-state index contributed by atoms with van der Waals surface area (Å²) in [4.78, 5) is 0.188. The Balaban J connectivity index is 1.77. The number of hydrogen-bond donors (Lipinski definition) is 1. The van der Waals surface area contributed by atoms with Crippen molar-refractivity contribution in [1.29, 1.82) is 0 Å². The standard InChI is InChI=1S/C20H20BrN3O3S/c1-14(2)13-27-20-11-10-19(22-23-20)15-4-3-5-17(12-15)24-28(25,26)18-8-6-16(21)7-9-18/h3-12,14,24H,13H2,1-2H3. The Bertz CT molecular complexity index is 1040. The van der Waals surface area contributed by atoms with E-state index >= 15 is 0 Å². The highest BCUT2D eigenvalue weighted by atomic mass is 79.9. The number of sulfonamides is 1. The van der Waals surface area contributed by atoms with E-state index in [-0.39, 0.29) is 4.90 Å². The molecule has 0 atom stereocenters. The first-order valence-electron chi connectivity index (χ1n) is 8.69. The third kappa shape index (κ3) is 5.30. The zero-order chi connectivity index (χ0) is 20.1. The van der Waals surface area contributed by atoms with Gasteiger partial charge in [-0.2, -0.15) is 0 Å². The smallest absolute Gasteiger partial charge is 0.261 e. The largest absolute Gasteiger partial charge is 0.476 e. The summed E-state index contributed by atoms with van der Waals surface area (Å²) in [5.74, 6) is 0.862. The first kappa shape index (κ1) is 20.3. The average molecular weight is 462 g/mol. The molecular weight excluding hydrogens is 442 g/mol. The van der Waals surface area contributed by atoms with Crippen molar-refractivity contribution in [3.63, 3.8) is 0 Å². The second-order valence-corrected chi connectivity index (χ2v) is 9.20. The zero-order valence-corrected chi connectivity index (χ0v) is 17.9. The average Bonchev–Trinajstić information content (AvgIpc) is 2.67. The number of hydrogen-bond acceptors (Lipinski definition) is 5. The minimum absolute atomic E-state index is 0.188. The number of nitrogens with one attached hydrogen (secondary N) is 1. The minimum Gasteiger partial charge on any atom is -0.476 e. The minimum atomic E-state index is -3.68. The van der Waals surface area contributed by atoms with Crippen LogP contribution in [0, 0.1) is 5.92 Å². The van der Waals surface area contributed by atoms with Gasteiger partial charge in [0.15, 0.2) is 0 Å². The molecule has 0 aliphatic rings. The quantitative estimate of drug-likeness (QED) is 0.549. The van der Waals surface area contributed by atoms with Crippen LogP contribution in [0.1, 0.15) is 13.8 Å². The van der Waals surface area contributed by atoms with Crippen LogP contribution in [0.5, 0.6) is 5.88 Å². The molecule has 3 aromatic rings. The van der Waals surface area contributed by atoms with Gasteiger partial charge in [-0.3, -0.25) is 4.72 Å². The fourth-order valence-corrected chi connectivity index (χ4v) is 3.69. The van der Waals surface area contributed by atoms with Crippen molar-refractivity contribution < 1.29 is 13.2 Å². The predicted octanol–water partition coefficient (Wildman–Crippen LogP) is 4.74. The van der Waals surface area contributed by atoms with E-state index in [1.807, 2.05) is 6.07 Å². The highest BCUT2D eigenvalue weighted by Gasteiger charge is 2.14. The van der Waals surface area contributed by atoms with Gasteiger partial charge >= 0.3 is 0 Å². The molecule has 8 heteroatoms. The van der Waals surface area contributed by atoms with Crippen molar-refractivity contribution in [2.24, 2.45) is 5.92 Å². The second-order valence-electron chi connectivity index (χ2n) is 6.60. The van der Waals surface area contributed by atoms with Gasteiger partial charge in [-0.1, -0.05) is 41.9 Å². The van der Waals surface area contributed by atoms with Crippen LogP contribution >= 0.6 is 15.9 Å². The van der Waals surface area contributed by atoms with Gasteiger partial charge in [0.05, 0.1) is 17.2 Å². The van der Waals surface area contributed by atoms with Gasteiger partial charge in [-0.05, 0) is 48.4 Å². The van der Waals surface area contributed by atoms with Crippen LogP contribution in [-0.2, 0) is 10.0 Å². The maximum Gasteiger partial charge on any atom is 0.261 e. The van der Waals surface area contributed by atoms with Crippen LogP contribution in [-0.4, -0.2) is 25.2 Å². The molecule has 0 amide bonds. The Hall–Kier alpha value is -2.45. The van der Waals surface area contributed by atoms with E-state index in [4.69, 9.17) is 4.74 Å². The van der Waals surface area contributed by atoms with Crippen molar-refractivity contribution in [3.8, 4) is 17.1 Å². The van der Waals surface area contributed by atoms with Crippen molar-refractivity contribution in [3.05, 3.63) is 65.1 Å². The number of aromatic nitrogens is 2. The molecular formula is C20H20BrN3O3S. The van der Waals surface area contributed by atoms with E-state index in [0.717, 1.165) is 10.0 Å². The maximum absolute atomic E-state index is 12.6. The molecule has 0 aliphatic carbocycles. The van der Waals surface area contributed by atoms with Crippen LogP contribution in [0.4, 0.5) is 5.69 Å². The number of ether oxygens (including phenoxy) is 1. The molecule has 0 aliphatic heterocycles. The Morgan fingerprint density at radius 3 is 2.43 bits per heavy atom. The lowest BCUT2D eigenvalue weighted by molar-refractivity contribution is 0.258. The molecule has 28 heavy (non-hydrogen) atoms. The van der Waals surface area contributed by atoms with Gasteiger partial charge in [0.2, 0.25) is 5.88 Å². The van der Waals surface area contributed by atoms with Gasteiger partial charge in [-0.25, -0.2) is 8.42 Å². The van der Waals surface area contributed by atoms with Crippen LogP contribution < -0.4 is 9.46 Å². The monoisotopic (exact) mass is 461 g/mol. The third-order valence-corrected chi connectivity index (χ3v) is 5.66. The lowest BCUT2D eigenvalue weighted by Gasteiger charge is -2.10. The summed E-state index contributed by atoms with van der Waals surface area (Å²) in [7, 11) is -3.68. The summed E-state index contributed by atoms with van der Waals surface area (Å²) in [5, 5.41) is 8.25. The lowest BCUT2D eigenvalue weighted by Crippen LogP contribution is -2.12. The number of nitrogens with zero attached hydrogens (tertiary/aromatic N) is 2. The molecule has 1 N–H and O–H groups in total. The summed E-state index contributed by atoms with van der Waals surface area (Å²) in [5.41, 5.74) is 1.82. The summed E-state index contributed by atoms with van der Waals surface area (Å²) >= 11 is 3.30. The number of benzene rings is 2. The van der Waals surface area contributed by atoms with E-state index in [9.17, 15) is 8.42 Å². The molecule has 0 bridgehead atoms. The van der Waals surface area contributed by atoms with Crippen LogP contribution in [0.3, 0.4) is 0 Å². The fourth-order valence-electron chi connectivity index (χ4n) is 2.37. The normalized spacial score (nSPS) is 11.4. The molecule has 0 saturated heterocycles. The highest BCUT2D eigenvalue weighted by Crippen LogP contribution is 2.24. The molecule has 146 valence electrons.